The first-order chi connectivity index (χ1) is 22.2. The Morgan fingerprint density at radius 3 is 2.37 bits per heavy atom. The van der Waals surface area contributed by atoms with E-state index >= 15 is 0 Å². The van der Waals surface area contributed by atoms with Gasteiger partial charge in [0.15, 0.2) is 4.80 Å². The fourth-order valence-electron chi connectivity index (χ4n) is 5.72. The molecule has 3 heterocycles. The minimum Gasteiger partial charge on any atom is -0.489 e. The van der Waals surface area contributed by atoms with Gasteiger partial charge in [-0.05, 0) is 87.4 Å². The van der Waals surface area contributed by atoms with Crippen molar-refractivity contribution in [2.45, 2.75) is 40.3 Å². The fourth-order valence-corrected chi connectivity index (χ4v) is 7.19. The Kier molecular flexibility index (Phi) is 9.04. The van der Waals surface area contributed by atoms with Crippen LogP contribution in [0.3, 0.4) is 0 Å². The molecular formula is C36H31Cl2N3O4S. The molecule has 6 rings (SSSR count). The third kappa shape index (κ3) is 5.96. The maximum atomic E-state index is 14.1. The fraction of sp³-hybridized carbons (Fsp3) is 0.194. The number of thiazole rings is 1. The number of nitrogens with zero attached hydrogens (tertiary/aromatic N) is 3. The minimum atomic E-state index is -0.766. The van der Waals surface area contributed by atoms with Gasteiger partial charge in [0.2, 0.25) is 0 Å². The van der Waals surface area contributed by atoms with Crippen LogP contribution in [0.25, 0.3) is 11.8 Å². The van der Waals surface area contributed by atoms with Crippen molar-refractivity contribution in [3.63, 3.8) is 0 Å². The number of allylic oxidation sites excluding steroid dienone is 1. The summed E-state index contributed by atoms with van der Waals surface area (Å²) in [5.74, 6) is 0.213. The van der Waals surface area contributed by atoms with Gasteiger partial charge < -0.3 is 14.0 Å². The first kappa shape index (κ1) is 31.6. The lowest BCUT2D eigenvalue weighted by Gasteiger charge is -2.25. The summed E-state index contributed by atoms with van der Waals surface area (Å²) in [5, 5.41) is 1.12. The summed E-state index contributed by atoms with van der Waals surface area (Å²) in [6.07, 6.45) is 1.89. The molecule has 7 nitrogen and oxygen atoms in total. The van der Waals surface area contributed by atoms with Crippen molar-refractivity contribution in [2.75, 3.05) is 6.61 Å². The Hall–Kier alpha value is -4.37. The first-order valence-corrected chi connectivity index (χ1v) is 16.3. The first-order valence-electron chi connectivity index (χ1n) is 14.8. The van der Waals surface area contributed by atoms with Crippen molar-refractivity contribution in [1.82, 2.24) is 9.13 Å². The van der Waals surface area contributed by atoms with Crippen LogP contribution in [0.5, 0.6) is 5.75 Å². The van der Waals surface area contributed by atoms with E-state index in [1.54, 1.807) is 24.5 Å². The summed E-state index contributed by atoms with van der Waals surface area (Å²) < 4.78 is 15.5. The van der Waals surface area contributed by atoms with Gasteiger partial charge in [0.1, 0.15) is 18.4 Å². The molecule has 0 saturated carbocycles. The lowest BCUT2D eigenvalue weighted by atomic mass is 9.96. The average Bonchev–Trinajstić information content (AvgIpc) is 3.49. The lowest BCUT2D eigenvalue weighted by molar-refractivity contribution is -0.139. The number of halogens is 2. The summed E-state index contributed by atoms with van der Waals surface area (Å²) in [4.78, 5) is 32.4. The molecule has 0 unspecified atom stereocenters. The normalized spacial score (nSPS) is 14.7. The molecule has 0 bridgehead atoms. The van der Waals surface area contributed by atoms with Crippen LogP contribution in [0.15, 0.2) is 99.9 Å². The van der Waals surface area contributed by atoms with E-state index < -0.39 is 12.0 Å². The molecule has 3 aromatic carbocycles. The molecule has 234 valence electrons. The number of rotatable bonds is 8. The molecule has 46 heavy (non-hydrogen) atoms. The standard InChI is InChI=1S/C36H31Cl2N3O4S/c1-5-44-35(43)32-22(3)39-36-41(33(32)28-11-7-9-13-30(28)38)34(42)31(46-36)19-25-18-21(2)40(23(25)4)26-14-16-27(17-15-26)45-20-24-10-6-8-12-29(24)37/h6-19,33H,5,20H2,1-4H3/b31-19-/t33-/m0/s1. The van der Waals surface area contributed by atoms with Crippen LogP contribution in [0.1, 0.15) is 48.0 Å². The highest BCUT2D eigenvalue weighted by Gasteiger charge is 2.34. The Balaban J connectivity index is 1.36. The van der Waals surface area contributed by atoms with Crippen LogP contribution < -0.4 is 19.6 Å². The van der Waals surface area contributed by atoms with E-state index in [0.29, 0.717) is 42.8 Å². The molecule has 0 N–H and O–H groups in total. The number of carbonyl (C=O) groups excluding carboxylic acids is 1. The van der Waals surface area contributed by atoms with E-state index in [4.69, 9.17) is 32.7 Å². The smallest absolute Gasteiger partial charge is 0.338 e. The second-order valence-corrected chi connectivity index (χ2v) is 12.7. The van der Waals surface area contributed by atoms with Crippen molar-refractivity contribution >= 4 is 46.6 Å². The molecule has 1 aliphatic rings. The van der Waals surface area contributed by atoms with Crippen LogP contribution in [0, 0.1) is 13.8 Å². The van der Waals surface area contributed by atoms with Crippen LogP contribution in [-0.2, 0) is 16.1 Å². The topological polar surface area (TPSA) is 74.8 Å². The number of ether oxygens (including phenoxy) is 2. The van der Waals surface area contributed by atoms with Crippen molar-refractivity contribution < 1.29 is 14.3 Å². The lowest BCUT2D eigenvalue weighted by Crippen LogP contribution is -2.40. The number of benzene rings is 3. The van der Waals surface area contributed by atoms with Gasteiger partial charge in [-0.25, -0.2) is 9.79 Å². The maximum absolute atomic E-state index is 14.1. The molecule has 0 spiro atoms. The maximum Gasteiger partial charge on any atom is 0.338 e. The van der Waals surface area contributed by atoms with Crippen molar-refractivity contribution in [3.05, 3.63) is 148 Å². The van der Waals surface area contributed by atoms with E-state index in [2.05, 4.69) is 15.6 Å². The van der Waals surface area contributed by atoms with Crippen molar-refractivity contribution in [1.29, 1.82) is 0 Å². The summed E-state index contributed by atoms with van der Waals surface area (Å²) in [5.41, 5.74) is 5.94. The van der Waals surface area contributed by atoms with Gasteiger partial charge in [-0.3, -0.25) is 9.36 Å². The third-order valence-electron chi connectivity index (χ3n) is 7.92. The molecule has 5 aromatic rings. The Bertz CT molecular complexity index is 2180. The average molecular weight is 673 g/mol. The van der Waals surface area contributed by atoms with Crippen molar-refractivity contribution in [2.24, 2.45) is 4.99 Å². The number of fused-ring (bicyclic) bond motifs is 1. The van der Waals surface area contributed by atoms with Crippen LogP contribution >= 0.6 is 34.5 Å². The molecular weight excluding hydrogens is 641 g/mol. The highest BCUT2D eigenvalue weighted by molar-refractivity contribution is 7.07. The highest BCUT2D eigenvalue weighted by Crippen LogP contribution is 2.34. The van der Waals surface area contributed by atoms with Gasteiger partial charge in [0.05, 0.1) is 22.4 Å². The van der Waals surface area contributed by atoms with E-state index in [0.717, 1.165) is 34.0 Å². The Morgan fingerprint density at radius 2 is 1.67 bits per heavy atom. The molecule has 0 aliphatic carbocycles. The number of esters is 1. The highest BCUT2D eigenvalue weighted by atomic mass is 35.5. The quantitative estimate of drug-likeness (QED) is 0.165. The number of hydrogen-bond donors (Lipinski definition) is 0. The molecule has 0 saturated heterocycles. The van der Waals surface area contributed by atoms with Crippen LogP contribution in [0.2, 0.25) is 10.0 Å². The number of aryl methyl sites for hydroxylation is 1. The Morgan fingerprint density at radius 1 is 0.978 bits per heavy atom. The molecule has 2 aromatic heterocycles. The third-order valence-corrected chi connectivity index (χ3v) is 9.62. The van der Waals surface area contributed by atoms with E-state index in [1.807, 2.05) is 86.7 Å². The SMILES string of the molecule is CCOC(=O)C1=C(C)N=c2s/c(=C\c3cc(C)n(-c4ccc(OCc5ccccc5Cl)cc4)c3C)c(=O)n2[C@H]1c1ccccc1Cl. The van der Waals surface area contributed by atoms with Gasteiger partial charge in [0.25, 0.3) is 5.56 Å². The minimum absolute atomic E-state index is 0.198. The zero-order valence-corrected chi connectivity index (χ0v) is 28.0. The van der Waals surface area contributed by atoms with Crippen LogP contribution in [0.4, 0.5) is 0 Å². The molecule has 0 radical (unpaired) electrons. The van der Waals surface area contributed by atoms with Gasteiger partial charge >= 0.3 is 5.97 Å². The summed E-state index contributed by atoms with van der Waals surface area (Å²) in [6, 6.07) is 24.0. The summed E-state index contributed by atoms with van der Waals surface area (Å²) in [7, 11) is 0. The monoisotopic (exact) mass is 671 g/mol. The van der Waals surface area contributed by atoms with E-state index in [1.165, 1.54) is 11.3 Å². The Labute approximate surface area is 280 Å². The predicted molar refractivity (Wildman–Crippen MR) is 183 cm³/mol. The van der Waals surface area contributed by atoms with E-state index in [9.17, 15) is 9.59 Å². The summed E-state index contributed by atoms with van der Waals surface area (Å²) >= 11 is 14.2. The second kappa shape index (κ2) is 13.2. The molecule has 1 atom stereocenters. The number of hydrogen-bond acceptors (Lipinski definition) is 6. The van der Waals surface area contributed by atoms with E-state index in [-0.39, 0.29) is 12.2 Å². The van der Waals surface area contributed by atoms with Crippen LogP contribution in [-0.4, -0.2) is 21.7 Å². The second-order valence-electron chi connectivity index (χ2n) is 10.9. The number of aromatic nitrogens is 2. The zero-order chi connectivity index (χ0) is 32.5. The largest absolute Gasteiger partial charge is 0.489 e. The predicted octanol–water partition coefficient (Wildman–Crippen LogP) is 7.09. The van der Waals surface area contributed by atoms with Gasteiger partial charge in [0, 0.05) is 32.7 Å². The molecule has 10 heteroatoms. The molecule has 1 aliphatic heterocycles. The number of carbonyl (C=O) groups is 1. The molecule has 0 fully saturated rings. The van der Waals surface area contributed by atoms with Gasteiger partial charge in [-0.15, -0.1) is 0 Å². The zero-order valence-electron chi connectivity index (χ0n) is 25.7. The van der Waals surface area contributed by atoms with Gasteiger partial charge in [-0.1, -0.05) is 70.9 Å². The van der Waals surface area contributed by atoms with Gasteiger partial charge in [-0.2, -0.15) is 0 Å². The van der Waals surface area contributed by atoms with Crippen molar-refractivity contribution in [3.8, 4) is 11.4 Å². The molecule has 0 amide bonds. The summed E-state index contributed by atoms with van der Waals surface area (Å²) in [6.45, 7) is 8.12.